The summed E-state index contributed by atoms with van der Waals surface area (Å²) in [6.07, 6.45) is 3.35. The van der Waals surface area contributed by atoms with Crippen molar-refractivity contribution < 1.29 is 38.5 Å². The summed E-state index contributed by atoms with van der Waals surface area (Å²) in [7, 11) is 1.28. The Morgan fingerprint density at radius 3 is 2.62 bits per heavy atom. The molecule has 34 heavy (non-hydrogen) atoms. The molecular weight excluding hydrogens is 440 g/mol. The Labute approximate surface area is 196 Å². The SMILES string of the molecule is COC(=O)[C@H]1[C@H]2[C@@]3(C)C(=O)O[C@@]2(C=C[C@@H]3OC(=O)c2ccccc2)C2CC[C@]3(O)C[C@@]21CC3=O. The topological polar surface area (TPSA) is 116 Å². The van der Waals surface area contributed by atoms with Crippen molar-refractivity contribution in [3.05, 3.63) is 48.0 Å². The molecule has 8 nitrogen and oxygen atoms in total. The number of methoxy groups -OCH3 is 1. The fourth-order valence-electron chi connectivity index (χ4n) is 7.98. The molecule has 1 aromatic carbocycles. The van der Waals surface area contributed by atoms with Gasteiger partial charge in [-0.1, -0.05) is 18.2 Å². The maximum atomic E-state index is 13.5. The van der Waals surface area contributed by atoms with Crippen molar-refractivity contribution in [2.75, 3.05) is 7.11 Å². The summed E-state index contributed by atoms with van der Waals surface area (Å²) in [5.41, 5.74) is -4.48. The van der Waals surface area contributed by atoms with Gasteiger partial charge in [-0.2, -0.15) is 0 Å². The summed E-state index contributed by atoms with van der Waals surface area (Å²) in [6.45, 7) is 1.67. The number of ether oxygens (including phenoxy) is 3. The van der Waals surface area contributed by atoms with Crippen LogP contribution in [0.15, 0.2) is 42.5 Å². The Morgan fingerprint density at radius 1 is 1.18 bits per heavy atom. The second-order valence-electron chi connectivity index (χ2n) is 10.7. The van der Waals surface area contributed by atoms with E-state index >= 15 is 0 Å². The highest BCUT2D eigenvalue weighted by atomic mass is 16.6. The number of benzene rings is 1. The van der Waals surface area contributed by atoms with E-state index in [0.29, 0.717) is 12.0 Å². The van der Waals surface area contributed by atoms with Crippen LogP contribution < -0.4 is 0 Å². The third kappa shape index (κ3) is 2.32. The average molecular weight is 466 g/mol. The minimum atomic E-state index is -1.47. The average Bonchev–Trinajstić information content (AvgIpc) is 3.24. The molecule has 0 aromatic heterocycles. The highest BCUT2D eigenvalue weighted by Crippen LogP contribution is 2.76. The molecule has 0 radical (unpaired) electrons. The van der Waals surface area contributed by atoms with Gasteiger partial charge in [0.2, 0.25) is 0 Å². The van der Waals surface area contributed by atoms with Gasteiger partial charge in [-0.05, 0) is 50.5 Å². The highest BCUT2D eigenvalue weighted by Gasteiger charge is 2.84. The molecule has 1 N–H and O–H groups in total. The second kappa shape index (κ2) is 6.56. The van der Waals surface area contributed by atoms with Crippen molar-refractivity contribution in [2.45, 2.75) is 49.9 Å². The first-order valence-corrected chi connectivity index (χ1v) is 11.6. The molecular formula is C26H26O8. The van der Waals surface area contributed by atoms with Gasteiger partial charge in [-0.15, -0.1) is 0 Å². The minimum Gasteiger partial charge on any atom is -0.469 e. The number of fused-ring (bicyclic) bond motifs is 1. The zero-order valence-electron chi connectivity index (χ0n) is 19.0. The van der Waals surface area contributed by atoms with Crippen LogP contribution in [0, 0.1) is 28.6 Å². The van der Waals surface area contributed by atoms with Crippen molar-refractivity contribution in [3.8, 4) is 0 Å². The predicted molar refractivity (Wildman–Crippen MR) is 115 cm³/mol. The summed E-state index contributed by atoms with van der Waals surface area (Å²) in [5.74, 6) is -3.82. The second-order valence-corrected chi connectivity index (χ2v) is 10.7. The van der Waals surface area contributed by atoms with Gasteiger partial charge in [0, 0.05) is 23.7 Å². The molecule has 5 aliphatic rings. The summed E-state index contributed by atoms with van der Waals surface area (Å²) < 4.78 is 17.1. The first-order chi connectivity index (χ1) is 16.1. The Hall–Kier alpha value is -3.00. The number of rotatable bonds is 3. The Kier molecular flexibility index (Phi) is 4.16. The van der Waals surface area contributed by atoms with Gasteiger partial charge in [-0.3, -0.25) is 14.4 Å². The van der Waals surface area contributed by atoms with Gasteiger partial charge in [0.05, 0.1) is 18.6 Å². The van der Waals surface area contributed by atoms with E-state index in [2.05, 4.69) is 0 Å². The number of esters is 3. The van der Waals surface area contributed by atoms with E-state index < -0.39 is 57.9 Å². The zero-order valence-corrected chi connectivity index (χ0v) is 19.0. The molecule has 4 aliphatic carbocycles. The van der Waals surface area contributed by atoms with Crippen molar-refractivity contribution in [1.82, 2.24) is 0 Å². The number of carbonyl (C=O) groups excluding carboxylic acids is 4. The maximum Gasteiger partial charge on any atom is 0.338 e. The quantitative estimate of drug-likeness (QED) is 0.409. The number of carbonyl (C=O) groups is 4. The van der Waals surface area contributed by atoms with Gasteiger partial charge in [0.15, 0.2) is 5.78 Å². The number of ketones is 1. The number of hydrogen-bond acceptors (Lipinski definition) is 8. The van der Waals surface area contributed by atoms with Crippen LogP contribution in [-0.2, 0) is 28.6 Å². The van der Waals surface area contributed by atoms with Crippen LogP contribution >= 0.6 is 0 Å². The fraction of sp³-hybridized carbons (Fsp3) is 0.538. The largest absolute Gasteiger partial charge is 0.469 e. The predicted octanol–water partition coefficient (Wildman–Crippen LogP) is 1.99. The number of Topliss-reactive ketones (excluding diaryl/α,β-unsaturated/α-hetero) is 1. The summed E-state index contributed by atoms with van der Waals surface area (Å²) in [4.78, 5) is 52.6. The molecule has 1 heterocycles. The van der Waals surface area contributed by atoms with Gasteiger partial charge < -0.3 is 19.3 Å². The smallest absolute Gasteiger partial charge is 0.338 e. The van der Waals surface area contributed by atoms with Crippen LogP contribution in [0.2, 0.25) is 0 Å². The van der Waals surface area contributed by atoms with Crippen molar-refractivity contribution in [1.29, 1.82) is 0 Å². The summed E-state index contributed by atoms with van der Waals surface area (Å²) in [6, 6.07) is 8.47. The van der Waals surface area contributed by atoms with E-state index in [4.69, 9.17) is 14.2 Å². The molecule has 1 aromatic rings. The summed E-state index contributed by atoms with van der Waals surface area (Å²) in [5, 5.41) is 11.0. The Bertz CT molecular complexity index is 1160. The van der Waals surface area contributed by atoms with Gasteiger partial charge in [-0.25, -0.2) is 4.79 Å². The Morgan fingerprint density at radius 2 is 1.91 bits per heavy atom. The van der Waals surface area contributed by atoms with Crippen molar-refractivity contribution in [2.24, 2.45) is 28.6 Å². The third-order valence-electron chi connectivity index (χ3n) is 9.33. The van der Waals surface area contributed by atoms with Crippen LogP contribution in [0.5, 0.6) is 0 Å². The van der Waals surface area contributed by atoms with E-state index in [1.54, 1.807) is 49.4 Å². The third-order valence-corrected chi connectivity index (χ3v) is 9.33. The van der Waals surface area contributed by atoms with Gasteiger partial charge in [0.1, 0.15) is 22.7 Å². The maximum absolute atomic E-state index is 13.5. The molecule has 1 spiro atoms. The lowest BCUT2D eigenvalue weighted by Gasteiger charge is -2.43. The van der Waals surface area contributed by atoms with Crippen LogP contribution in [0.3, 0.4) is 0 Å². The zero-order chi connectivity index (χ0) is 24.1. The first kappa shape index (κ1) is 21.5. The molecule has 4 fully saturated rings. The number of hydrogen-bond donors (Lipinski definition) is 1. The van der Waals surface area contributed by atoms with E-state index in [1.807, 2.05) is 0 Å². The van der Waals surface area contributed by atoms with Gasteiger partial charge >= 0.3 is 17.9 Å². The molecule has 1 saturated heterocycles. The van der Waals surface area contributed by atoms with Crippen molar-refractivity contribution >= 4 is 23.7 Å². The first-order valence-electron chi connectivity index (χ1n) is 11.6. The lowest BCUT2D eigenvalue weighted by atomic mass is 9.61. The molecule has 1 aliphatic heterocycles. The van der Waals surface area contributed by atoms with Gasteiger partial charge in [0.25, 0.3) is 0 Å². The van der Waals surface area contributed by atoms with E-state index in [0.717, 1.165) is 0 Å². The van der Waals surface area contributed by atoms with Crippen LogP contribution in [0.4, 0.5) is 0 Å². The van der Waals surface area contributed by atoms with Crippen LogP contribution in [0.25, 0.3) is 0 Å². The highest BCUT2D eigenvalue weighted by molar-refractivity contribution is 5.94. The monoisotopic (exact) mass is 466 g/mol. The van der Waals surface area contributed by atoms with E-state index in [1.165, 1.54) is 7.11 Å². The molecule has 178 valence electrons. The summed E-state index contributed by atoms with van der Waals surface area (Å²) >= 11 is 0. The molecule has 1 unspecified atom stereocenters. The van der Waals surface area contributed by atoms with E-state index in [9.17, 15) is 24.3 Å². The molecule has 6 rings (SSSR count). The van der Waals surface area contributed by atoms with Crippen LogP contribution in [-0.4, -0.2) is 53.2 Å². The molecule has 8 heteroatoms. The molecule has 3 saturated carbocycles. The normalized spacial score (nSPS) is 45.4. The Balaban J connectivity index is 1.47. The van der Waals surface area contributed by atoms with E-state index in [-0.39, 0.29) is 31.0 Å². The molecule has 4 bridgehead atoms. The van der Waals surface area contributed by atoms with Crippen molar-refractivity contribution in [3.63, 3.8) is 0 Å². The lowest BCUT2D eigenvalue weighted by Crippen LogP contribution is -2.52. The molecule has 8 atom stereocenters. The standard InChI is InChI=1S/C26H26O8/c1-23-17(33-20(28)14-6-4-3-5-7-14)9-11-26(34-22(23)30)15-8-10-25(31)13-24(15,12-16(25)27)18(19(23)26)21(29)32-2/h3-7,9,11,15,17-19,31H,8,10,12-13H2,1-2H3/t15?,17-,18+,19-,23-,24-,25-,26-/m0/s1. The number of aliphatic hydroxyl groups is 1. The minimum absolute atomic E-state index is 0.0299. The molecule has 0 amide bonds. The fourth-order valence-corrected chi connectivity index (χ4v) is 7.98. The lowest BCUT2D eigenvalue weighted by molar-refractivity contribution is -0.164. The van der Waals surface area contributed by atoms with Crippen LogP contribution in [0.1, 0.15) is 43.0 Å².